The molecule has 4 aliphatic rings. The molecular formula is C25H28O4S. The number of rotatable bonds is 3. The van der Waals surface area contributed by atoms with Gasteiger partial charge >= 0.3 is 5.97 Å². The average molecular weight is 425 g/mol. The highest BCUT2D eigenvalue weighted by Crippen LogP contribution is 2.64. The molecule has 1 saturated heterocycles. The third-order valence-electron chi connectivity index (χ3n) is 8.15. The largest absolute Gasteiger partial charge is 0.497 e. The van der Waals surface area contributed by atoms with Gasteiger partial charge in [-0.3, -0.25) is 9.59 Å². The molecule has 6 atom stereocenters. The van der Waals surface area contributed by atoms with Crippen LogP contribution < -0.4 is 4.74 Å². The van der Waals surface area contributed by atoms with Gasteiger partial charge in [0.15, 0.2) is 5.78 Å². The molecule has 1 heterocycles. The number of ketones is 1. The highest BCUT2D eigenvalue weighted by Gasteiger charge is 2.62. The van der Waals surface area contributed by atoms with Crippen LogP contribution in [0.4, 0.5) is 0 Å². The molecule has 1 aromatic rings. The molecule has 0 radical (unpaired) electrons. The van der Waals surface area contributed by atoms with Crippen molar-refractivity contribution in [1.82, 2.24) is 0 Å². The summed E-state index contributed by atoms with van der Waals surface area (Å²) in [6.45, 7) is 4.91. The number of fused-ring (bicyclic) bond motifs is 5. The van der Waals surface area contributed by atoms with E-state index in [1.807, 2.05) is 30.0 Å². The molecule has 0 spiro atoms. The molecule has 4 nitrogen and oxygen atoms in total. The standard InChI is InChI=1S/C25H28O4S/c1-24-10-8-16(26)12-15(24)13-21(30-18-6-4-17(28-3)5-7-18)22-19(24)9-11-25(2)20(22)14-29-23(25)27/h4-8,10,12,19-22H,9,11,13-14H2,1-3H3/t19-,20-,21+,22+,24-,25-/m0/s1. The van der Waals surface area contributed by atoms with Gasteiger partial charge in [0.25, 0.3) is 0 Å². The van der Waals surface area contributed by atoms with E-state index >= 15 is 0 Å². The fourth-order valence-corrected chi connectivity index (χ4v) is 7.76. The lowest BCUT2D eigenvalue weighted by atomic mass is 9.48. The fourth-order valence-electron chi connectivity index (χ4n) is 6.32. The van der Waals surface area contributed by atoms with E-state index in [4.69, 9.17) is 9.47 Å². The molecule has 5 rings (SSSR count). The first-order valence-corrected chi connectivity index (χ1v) is 11.7. The van der Waals surface area contributed by atoms with Crippen LogP contribution in [0.15, 0.2) is 53.0 Å². The van der Waals surface area contributed by atoms with Gasteiger partial charge < -0.3 is 9.47 Å². The monoisotopic (exact) mass is 424 g/mol. The summed E-state index contributed by atoms with van der Waals surface area (Å²) in [4.78, 5) is 26.0. The Hall–Kier alpha value is -2.01. The lowest BCUT2D eigenvalue weighted by molar-refractivity contribution is -0.148. The van der Waals surface area contributed by atoms with Gasteiger partial charge in [-0.15, -0.1) is 11.8 Å². The second-order valence-corrected chi connectivity index (χ2v) is 10.9. The number of cyclic esters (lactones) is 1. The Morgan fingerprint density at radius 2 is 1.90 bits per heavy atom. The highest BCUT2D eigenvalue weighted by molar-refractivity contribution is 8.00. The third-order valence-corrected chi connectivity index (χ3v) is 9.48. The minimum absolute atomic E-state index is 0.0278. The molecule has 3 aliphatic carbocycles. The number of carbonyl (C=O) groups is 2. The molecule has 0 aromatic heterocycles. The molecule has 30 heavy (non-hydrogen) atoms. The number of benzene rings is 1. The molecule has 2 saturated carbocycles. The Kier molecular flexibility index (Phi) is 4.66. The zero-order chi connectivity index (χ0) is 21.1. The first kappa shape index (κ1) is 19.9. The maximum atomic E-state index is 12.6. The normalized spacial score (nSPS) is 39.5. The molecule has 0 unspecified atom stereocenters. The first-order valence-electron chi connectivity index (χ1n) is 10.8. The lowest BCUT2D eigenvalue weighted by Gasteiger charge is -2.57. The summed E-state index contributed by atoms with van der Waals surface area (Å²) < 4.78 is 10.9. The summed E-state index contributed by atoms with van der Waals surface area (Å²) >= 11 is 1.88. The van der Waals surface area contributed by atoms with Gasteiger partial charge in [-0.05, 0) is 74.4 Å². The lowest BCUT2D eigenvalue weighted by Crippen LogP contribution is -2.54. The van der Waals surface area contributed by atoms with Crippen LogP contribution in [-0.2, 0) is 14.3 Å². The van der Waals surface area contributed by atoms with Crippen LogP contribution in [0.25, 0.3) is 0 Å². The molecule has 0 amide bonds. The van der Waals surface area contributed by atoms with E-state index < -0.39 is 0 Å². The van der Waals surface area contributed by atoms with Crippen molar-refractivity contribution in [3.63, 3.8) is 0 Å². The van der Waals surface area contributed by atoms with Gasteiger partial charge in [0.05, 0.1) is 19.1 Å². The van der Waals surface area contributed by atoms with Gasteiger partial charge in [0.1, 0.15) is 5.75 Å². The average Bonchev–Trinajstić information content (AvgIpc) is 3.04. The van der Waals surface area contributed by atoms with Crippen molar-refractivity contribution in [3.05, 3.63) is 48.1 Å². The number of ether oxygens (including phenoxy) is 2. The predicted octanol–water partition coefficient (Wildman–Crippen LogP) is 4.84. The van der Waals surface area contributed by atoms with Crippen molar-refractivity contribution in [3.8, 4) is 5.75 Å². The van der Waals surface area contributed by atoms with Crippen molar-refractivity contribution < 1.29 is 19.1 Å². The van der Waals surface area contributed by atoms with Crippen LogP contribution in [0.1, 0.15) is 33.1 Å². The maximum absolute atomic E-state index is 12.6. The van der Waals surface area contributed by atoms with Crippen LogP contribution >= 0.6 is 11.8 Å². The van der Waals surface area contributed by atoms with E-state index in [2.05, 4.69) is 32.1 Å². The van der Waals surface area contributed by atoms with E-state index in [-0.39, 0.29) is 28.5 Å². The second-order valence-electron chi connectivity index (χ2n) is 9.57. The van der Waals surface area contributed by atoms with E-state index in [9.17, 15) is 9.59 Å². The topological polar surface area (TPSA) is 52.6 Å². The minimum Gasteiger partial charge on any atom is -0.497 e. The minimum atomic E-state index is -0.383. The van der Waals surface area contributed by atoms with Gasteiger partial charge in [0.2, 0.25) is 0 Å². The SMILES string of the molecule is COc1ccc(S[C@@H]2CC3=CC(=O)C=C[C@]3(C)[C@H]3CC[C@]4(C)C(=O)OC[C@H]4[C@H]23)cc1. The number of methoxy groups -OCH3 is 1. The molecule has 0 N–H and O–H groups in total. The van der Waals surface area contributed by atoms with Gasteiger partial charge in [-0.1, -0.05) is 18.6 Å². The molecular weight excluding hydrogens is 396 g/mol. The Labute approximate surface area is 182 Å². The van der Waals surface area contributed by atoms with Crippen molar-refractivity contribution in [2.24, 2.45) is 28.6 Å². The highest BCUT2D eigenvalue weighted by atomic mass is 32.2. The zero-order valence-electron chi connectivity index (χ0n) is 17.7. The Bertz CT molecular complexity index is 948. The van der Waals surface area contributed by atoms with Crippen LogP contribution in [-0.4, -0.2) is 30.7 Å². The molecule has 5 heteroatoms. The molecule has 1 aromatic carbocycles. The number of esters is 1. The summed E-state index contributed by atoms with van der Waals surface area (Å²) in [5, 5.41) is 0.307. The zero-order valence-corrected chi connectivity index (χ0v) is 18.5. The van der Waals surface area contributed by atoms with Crippen molar-refractivity contribution in [2.75, 3.05) is 13.7 Å². The van der Waals surface area contributed by atoms with Crippen molar-refractivity contribution in [1.29, 1.82) is 0 Å². The summed E-state index contributed by atoms with van der Waals surface area (Å²) in [6.07, 6.45) is 8.45. The second kappa shape index (κ2) is 7.01. The first-order chi connectivity index (χ1) is 14.3. The van der Waals surface area contributed by atoms with E-state index in [1.165, 1.54) is 10.5 Å². The van der Waals surface area contributed by atoms with Crippen molar-refractivity contribution in [2.45, 2.75) is 43.3 Å². The van der Waals surface area contributed by atoms with Gasteiger partial charge in [-0.25, -0.2) is 0 Å². The van der Waals surface area contributed by atoms with Crippen LogP contribution in [0.5, 0.6) is 5.75 Å². The van der Waals surface area contributed by atoms with Crippen LogP contribution in [0, 0.1) is 28.6 Å². The predicted molar refractivity (Wildman–Crippen MR) is 116 cm³/mol. The number of thioether (sulfide) groups is 1. The van der Waals surface area contributed by atoms with Gasteiger partial charge in [-0.2, -0.15) is 0 Å². The molecule has 3 fully saturated rings. The van der Waals surface area contributed by atoms with Crippen LogP contribution in [0.3, 0.4) is 0 Å². The van der Waals surface area contributed by atoms with Gasteiger partial charge in [0, 0.05) is 21.5 Å². The number of hydrogen-bond donors (Lipinski definition) is 0. The Morgan fingerprint density at radius 1 is 1.13 bits per heavy atom. The molecule has 1 aliphatic heterocycles. The molecule has 0 bridgehead atoms. The quantitative estimate of drug-likeness (QED) is 0.650. The Balaban J connectivity index is 1.54. The van der Waals surface area contributed by atoms with E-state index in [1.54, 1.807) is 13.2 Å². The van der Waals surface area contributed by atoms with Crippen molar-refractivity contribution >= 4 is 23.5 Å². The fraction of sp³-hybridized carbons (Fsp3) is 0.520. The summed E-state index contributed by atoms with van der Waals surface area (Å²) in [5.74, 6) is 1.91. The summed E-state index contributed by atoms with van der Waals surface area (Å²) in [6, 6.07) is 8.19. The maximum Gasteiger partial charge on any atom is 0.312 e. The van der Waals surface area contributed by atoms with Crippen LogP contribution in [0.2, 0.25) is 0 Å². The smallest absolute Gasteiger partial charge is 0.312 e. The third kappa shape index (κ3) is 2.89. The Morgan fingerprint density at radius 3 is 2.63 bits per heavy atom. The number of carbonyl (C=O) groups excluding carboxylic acids is 2. The number of hydrogen-bond acceptors (Lipinski definition) is 5. The summed E-state index contributed by atoms with van der Waals surface area (Å²) in [7, 11) is 1.68. The van der Waals surface area contributed by atoms with E-state index in [0.717, 1.165) is 25.0 Å². The summed E-state index contributed by atoms with van der Waals surface area (Å²) in [5.41, 5.74) is 0.755. The molecule has 158 valence electrons. The number of allylic oxidation sites excluding steroid dienone is 4. The van der Waals surface area contributed by atoms with E-state index in [0.29, 0.717) is 23.7 Å².